The summed E-state index contributed by atoms with van der Waals surface area (Å²) >= 11 is -0.447. The summed E-state index contributed by atoms with van der Waals surface area (Å²) in [5, 5.41) is 6.94. The fourth-order valence-electron chi connectivity index (χ4n) is 2.14. The topological polar surface area (TPSA) is 88.0 Å². The Hall–Kier alpha value is -2.42. The van der Waals surface area contributed by atoms with E-state index in [1.807, 2.05) is 30.3 Å². The number of aromatic amines is 1. The first-order valence-electron chi connectivity index (χ1n) is 8.04. The summed E-state index contributed by atoms with van der Waals surface area (Å²) in [6.07, 6.45) is 0. The van der Waals surface area contributed by atoms with Crippen molar-refractivity contribution in [2.45, 2.75) is 26.2 Å². The maximum absolute atomic E-state index is 12.1. The van der Waals surface area contributed by atoms with Gasteiger partial charge in [0.2, 0.25) is 0 Å². The van der Waals surface area contributed by atoms with E-state index in [1.165, 1.54) is 9.64 Å². The fraction of sp³-hybridized carbons (Fsp3) is 0.211. The minimum atomic E-state index is -0.447. The molecule has 3 aromatic rings. The minimum absolute atomic E-state index is 0.0540. The molecule has 0 atom stereocenters. The number of carbonyl (C=O) groups excluding carboxylic acids is 1. The Bertz CT molecular complexity index is 968. The van der Waals surface area contributed by atoms with E-state index in [2.05, 4.69) is 36.2 Å². The number of nitrogens with one attached hydrogen (secondary N) is 2. The predicted octanol–water partition coefficient (Wildman–Crippen LogP) is 0.0411. The van der Waals surface area contributed by atoms with Crippen molar-refractivity contribution in [1.29, 1.82) is 0 Å². The van der Waals surface area contributed by atoms with Crippen molar-refractivity contribution in [3.8, 4) is 0 Å². The van der Waals surface area contributed by atoms with Gasteiger partial charge in [-0.05, 0) is 0 Å². The number of pyridine rings is 1. The van der Waals surface area contributed by atoms with E-state index in [-0.39, 0.29) is 22.6 Å². The molecule has 1 aromatic carbocycles. The summed E-state index contributed by atoms with van der Waals surface area (Å²) in [6, 6.07) is 14.1. The van der Waals surface area contributed by atoms with Crippen molar-refractivity contribution in [2.24, 2.45) is 0 Å². The second-order valence-corrected chi connectivity index (χ2v) is 9.64. The van der Waals surface area contributed by atoms with Crippen LogP contribution >= 0.6 is 0 Å². The fourth-order valence-corrected chi connectivity index (χ4v) is 4.13. The van der Waals surface area contributed by atoms with E-state index in [0.717, 1.165) is 9.46 Å². The van der Waals surface area contributed by atoms with Crippen LogP contribution in [-0.2, 0) is 5.41 Å². The molecule has 0 aliphatic heterocycles. The zero-order valence-corrected chi connectivity index (χ0v) is 16.8. The van der Waals surface area contributed by atoms with Gasteiger partial charge in [-0.3, -0.25) is 0 Å². The Balaban J connectivity index is 1.66. The number of carbonyl (C=O) groups is 1. The number of anilines is 1. The van der Waals surface area contributed by atoms with Gasteiger partial charge in [-0.25, -0.2) is 0 Å². The Labute approximate surface area is 161 Å². The van der Waals surface area contributed by atoms with Gasteiger partial charge in [-0.2, -0.15) is 0 Å². The number of aromatic nitrogens is 2. The average molecular weight is 464 g/mol. The molecule has 0 aliphatic carbocycles. The Morgan fingerprint density at radius 3 is 2.50 bits per heavy atom. The molecule has 3 rings (SSSR count). The van der Waals surface area contributed by atoms with Crippen molar-refractivity contribution < 1.29 is 30.5 Å². The average Bonchev–Trinajstić information content (AvgIpc) is 3.05. The molecule has 26 heavy (non-hydrogen) atoms. The molecule has 0 saturated carbocycles. The number of benzene rings is 1. The van der Waals surface area contributed by atoms with Gasteiger partial charge in [-0.1, -0.05) is 0 Å². The van der Waals surface area contributed by atoms with E-state index in [1.54, 1.807) is 12.1 Å². The third kappa shape index (κ3) is 4.60. The molecule has 0 unspecified atom stereocenters. The molecule has 0 aliphatic rings. The quantitative estimate of drug-likeness (QED) is 0.534. The number of H-pyrrole nitrogens is 1. The van der Waals surface area contributed by atoms with E-state index >= 15 is 0 Å². The molecule has 1 amide bonds. The standard InChI is InChI=1S/C19H19IN3O3/c1-19(2,3)15-11-16(23-26-15)20-12-7-9-13(10-8-12)21-18(25)14-5-4-6-17(24)22-14/h4-11H,1-3H3,(H,21,25)(H,22,24)/q-1. The van der Waals surface area contributed by atoms with Crippen LogP contribution in [0.4, 0.5) is 5.69 Å². The number of nitrogens with zero attached hydrogens (tertiary/aromatic N) is 1. The van der Waals surface area contributed by atoms with E-state index in [9.17, 15) is 9.59 Å². The molecule has 0 saturated heterocycles. The zero-order valence-electron chi connectivity index (χ0n) is 14.7. The van der Waals surface area contributed by atoms with Gasteiger partial charge in [0.1, 0.15) is 0 Å². The first-order chi connectivity index (χ1) is 12.3. The summed E-state index contributed by atoms with van der Waals surface area (Å²) < 4.78 is 7.58. The van der Waals surface area contributed by atoms with Gasteiger partial charge in [0.05, 0.1) is 0 Å². The Morgan fingerprint density at radius 1 is 1.15 bits per heavy atom. The molecule has 0 bridgehead atoms. The zero-order chi connectivity index (χ0) is 18.7. The molecule has 7 heteroatoms. The Morgan fingerprint density at radius 2 is 1.88 bits per heavy atom. The number of hydrogen-bond acceptors (Lipinski definition) is 4. The summed E-state index contributed by atoms with van der Waals surface area (Å²) in [5.41, 5.74) is 0.538. The maximum atomic E-state index is 12.1. The van der Waals surface area contributed by atoms with Gasteiger partial charge in [-0.15, -0.1) is 0 Å². The van der Waals surface area contributed by atoms with Crippen molar-refractivity contribution in [3.05, 3.63) is 77.6 Å². The van der Waals surface area contributed by atoms with Crippen LogP contribution in [0.15, 0.2) is 57.8 Å². The number of rotatable bonds is 4. The van der Waals surface area contributed by atoms with Crippen molar-refractivity contribution in [3.63, 3.8) is 0 Å². The summed E-state index contributed by atoms with van der Waals surface area (Å²) in [5.74, 6) is 0.532. The van der Waals surface area contributed by atoms with Gasteiger partial charge >= 0.3 is 161 Å². The van der Waals surface area contributed by atoms with Crippen LogP contribution in [0.3, 0.4) is 0 Å². The number of halogens is 1. The molecular weight excluding hydrogens is 445 g/mol. The SMILES string of the molecule is CC(C)(C)c1cc([I-]c2ccc(NC(=O)c3cccc(=O)[nH]3)cc2)no1. The van der Waals surface area contributed by atoms with E-state index in [4.69, 9.17) is 4.52 Å². The summed E-state index contributed by atoms with van der Waals surface area (Å²) in [7, 11) is 0. The van der Waals surface area contributed by atoms with Gasteiger partial charge in [0.25, 0.3) is 0 Å². The molecule has 2 heterocycles. The van der Waals surface area contributed by atoms with Crippen LogP contribution in [0.2, 0.25) is 0 Å². The van der Waals surface area contributed by atoms with E-state index < -0.39 is 21.2 Å². The van der Waals surface area contributed by atoms with Crippen LogP contribution in [0.5, 0.6) is 0 Å². The summed E-state index contributed by atoms with van der Waals surface area (Å²) in [4.78, 5) is 25.9. The number of hydrogen-bond donors (Lipinski definition) is 2. The van der Waals surface area contributed by atoms with Crippen molar-refractivity contribution in [1.82, 2.24) is 10.1 Å². The van der Waals surface area contributed by atoms with Crippen LogP contribution in [-0.4, -0.2) is 16.0 Å². The van der Waals surface area contributed by atoms with Crippen LogP contribution in [0.1, 0.15) is 37.0 Å². The van der Waals surface area contributed by atoms with Crippen LogP contribution in [0.25, 0.3) is 0 Å². The molecule has 0 radical (unpaired) electrons. The van der Waals surface area contributed by atoms with Gasteiger partial charge in [0.15, 0.2) is 0 Å². The first kappa shape index (κ1) is 18.4. The van der Waals surface area contributed by atoms with Crippen LogP contribution < -0.4 is 32.1 Å². The second kappa shape index (κ2) is 7.45. The predicted molar refractivity (Wildman–Crippen MR) is 94.1 cm³/mol. The normalized spacial score (nSPS) is 11.5. The van der Waals surface area contributed by atoms with Gasteiger partial charge in [0, 0.05) is 0 Å². The van der Waals surface area contributed by atoms with Crippen LogP contribution in [0, 0.1) is 7.27 Å². The first-order valence-corrected chi connectivity index (χ1v) is 10.2. The van der Waals surface area contributed by atoms with Gasteiger partial charge < -0.3 is 0 Å². The van der Waals surface area contributed by atoms with Crippen molar-refractivity contribution in [2.75, 3.05) is 5.32 Å². The molecule has 136 valence electrons. The molecule has 2 aromatic heterocycles. The van der Waals surface area contributed by atoms with E-state index in [0.29, 0.717) is 5.69 Å². The third-order valence-electron chi connectivity index (χ3n) is 3.54. The monoisotopic (exact) mass is 464 g/mol. The Kier molecular flexibility index (Phi) is 5.26. The third-order valence-corrected chi connectivity index (χ3v) is 5.94. The van der Waals surface area contributed by atoms with Crippen molar-refractivity contribution >= 4 is 11.6 Å². The molecule has 2 N–H and O–H groups in total. The second-order valence-electron chi connectivity index (χ2n) is 6.75. The molecule has 6 nitrogen and oxygen atoms in total. The molecule has 0 spiro atoms. The molecular formula is C19H19IN3O3-. The number of amides is 1. The molecule has 0 fully saturated rings. The summed E-state index contributed by atoms with van der Waals surface area (Å²) in [6.45, 7) is 6.27.